The van der Waals surface area contributed by atoms with E-state index < -0.39 is 10.0 Å². The first-order valence-electron chi connectivity index (χ1n) is 6.04. The minimum atomic E-state index is -3.57. The molecule has 0 fully saturated rings. The lowest BCUT2D eigenvalue weighted by molar-refractivity contribution is 0.309. The highest BCUT2D eigenvalue weighted by Crippen LogP contribution is 2.06. The van der Waals surface area contributed by atoms with E-state index in [1.807, 2.05) is 13.8 Å². The zero-order chi connectivity index (χ0) is 14.3. The van der Waals surface area contributed by atoms with Gasteiger partial charge in [-0.1, -0.05) is 13.8 Å². The number of nitrogens with zero attached hydrogens (tertiary/aromatic N) is 3. The third kappa shape index (κ3) is 4.71. The van der Waals surface area contributed by atoms with Crippen molar-refractivity contribution < 1.29 is 8.42 Å². The second-order valence-electron chi connectivity index (χ2n) is 3.81. The van der Waals surface area contributed by atoms with Crippen molar-refractivity contribution in [3.8, 4) is 0 Å². The van der Waals surface area contributed by atoms with Gasteiger partial charge in [0.05, 0.1) is 12.4 Å². The van der Waals surface area contributed by atoms with Gasteiger partial charge in [-0.05, 0) is 13.1 Å². The predicted octanol–water partition coefficient (Wildman–Crippen LogP) is -0.618. The van der Waals surface area contributed by atoms with Crippen LogP contribution in [0.2, 0.25) is 0 Å². The van der Waals surface area contributed by atoms with E-state index in [9.17, 15) is 8.42 Å². The van der Waals surface area contributed by atoms with Crippen molar-refractivity contribution in [2.24, 2.45) is 5.84 Å². The zero-order valence-electron chi connectivity index (χ0n) is 11.1. The Morgan fingerprint density at radius 2 is 1.84 bits per heavy atom. The first-order chi connectivity index (χ1) is 9.03. The zero-order valence-corrected chi connectivity index (χ0v) is 11.9. The number of likely N-dealkylation sites (N-methyl/N-ethyl adjacent to an activating group) is 1. The summed E-state index contributed by atoms with van der Waals surface area (Å²) in [5, 5.41) is 0. The number of rotatable bonds is 8. The Labute approximate surface area is 113 Å². The highest BCUT2D eigenvalue weighted by molar-refractivity contribution is 7.89. The molecule has 0 aromatic carbocycles. The maximum absolute atomic E-state index is 11.9. The lowest BCUT2D eigenvalue weighted by Crippen LogP contribution is -2.34. The van der Waals surface area contributed by atoms with E-state index in [0.717, 1.165) is 13.1 Å². The average Bonchev–Trinajstić information content (AvgIpc) is 2.43. The third-order valence-electron chi connectivity index (χ3n) is 2.68. The summed E-state index contributed by atoms with van der Waals surface area (Å²) in [6.07, 6.45) is 2.42. The lowest BCUT2D eigenvalue weighted by Gasteiger charge is -2.17. The van der Waals surface area contributed by atoms with Crippen molar-refractivity contribution in [2.75, 3.05) is 31.6 Å². The molecule has 9 heteroatoms. The van der Waals surface area contributed by atoms with Crippen LogP contribution in [0.5, 0.6) is 0 Å². The molecule has 0 spiro atoms. The van der Waals surface area contributed by atoms with Gasteiger partial charge in [-0.2, -0.15) is 0 Å². The topological polar surface area (TPSA) is 113 Å². The molecule has 8 nitrogen and oxygen atoms in total. The fourth-order valence-corrected chi connectivity index (χ4v) is 2.40. The highest BCUT2D eigenvalue weighted by atomic mass is 32.2. The first-order valence-corrected chi connectivity index (χ1v) is 7.52. The van der Waals surface area contributed by atoms with Crippen LogP contribution in [-0.2, 0) is 10.0 Å². The summed E-state index contributed by atoms with van der Waals surface area (Å²) < 4.78 is 26.4. The first kappa shape index (κ1) is 15.8. The van der Waals surface area contributed by atoms with Crippen LogP contribution in [0.25, 0.3) is 0 Å². The normalized spacial score (nSPS) is 11.8. The molecular weight excluding hydrogens is 268 g/mol. The van der Waals surface area contributed by atoms with Gasteiger partial charge in [0.15, 0.2) is 0 Å². The summed E-state index contributed by atoms with van der Waals surface area (Å²) in [6.45, 7) is 6.85. The summed E-state index contributed by atoms with van der Waals surface area (Å²) in [7, 11) is -3.57. The maximum Gasteiger partial charge on any atom is 0.243 e. The lowest BCUT2D eigenvalue weighted by atomic mass is 10.5. The second kappa shape index (κ2) is 7.34. The van der Waals surface area contributed by atoms with Gasteiger partial charge in [-0.25, -0.2) is 29.0 Å². The molecule has 0 bridgehead atoms. The number of nitrogens with one attached hydrogen (secondary N) is 2. The van der Waals surface area contributed by atoms with E-state index in [1.165, 1.54) is 12.4 Å². The molecular formula is C10H20N6O2S. The van der Waals surface area contributed by atoms with Crippen LogP contribution in [0.4, 0.5) is 5.95 Å². The fraction of sp³-hybridized carbons (Fsp3) is 0.600. The van der Waals surface area contributed by atoms with Crippen LogP contribution in [0.3, 0.4) is 0 Å². The Kier molecular flexibility index (Phi) is 6.09. The molecule has 0 saturated heterocycles. The number of hydrogen-bond acceptors (Lipinski definition) is 7. The van der Waals surface area contributed by atoms with Gasteiger partial charge in [0.25, 0.3) is 0 Å². The van der Waals surface area contributed by atoms with Gasteiger partial charge in [0, 0.05) is 13.1 Å². The van der Waals surface area contributed by atoms with E-state index in [1.54, 1.807) is 0 Å². The van der Waals surface area contributed by atoms with Gasteiger partial charge in [0.2, 0.25) is 16.0 Å². The van der Waals surface area contributed by atoms with Crippen LogP contribution in [0.1, 0.15) is 13.8 Å². The Hall–Kier alpha value is -1.29. The van der Waals surface area contributed by atoms with Crippen LogP contribution >= 0.6 is 0 Å². The minimum Gasteiger partial charge on any atom is -0.303 e. The molecule has 1 aromatic rings. The number of nitrogen functional groups attached to an aromatic ring is 1. The number of sulfonamides is 1. The third-order valence-corrected chi connectivity index (χ3v) is 4.10. The number of nitrogens with two attached hydrogens (primary N) is 1. The Balaban J connectivity index is 2.60. The largest absolute Gasteiger partial charge is 0.303 e. The van der Waals surface area contributed by atoms with E-state index in [0.29, 0.717) is 13.1 Å². The van der Waals surface area contributed by atoms with Crippen molar-refractivity contribution in [3.05, 3.63) is 12.4 Å². The van der Waals surface area contributed by atoms with Crippen molar-refractivity contribution >= 4 is 16.0 Å². The van der Waals surface area contributed by atoms with E-state index in [4.69, 9.17) is 5.84 Å². The minimum absolute atomic E-state index is 0.0195. The number of hydrazine groups is 1. The quantitative estimate of drug-likeness (QED) is 0.431. The predicted molar refractivity (Wildman–Crippen MR) is 72.8 cm³/mol. The van der Waals surface area contributed by atoms with Crippen molar-refractivity contribution in [1.29, 1.82) is 0 Å². The van der Waals surface area contributed by atoms with Gasteiger partial charge in [0.1, 0.15) is 4.90 Å². The average molecular weight is 288 g/mol. The summed E-state index contributed by atoms with van der Waals surface area (Å²) >= 11 is 0. The van der Waals surface area contributed by atoms with E-state index in [2.05, 4.69) is 25.0 Å². The molecule has 1 aromatic heterocycles. The van der Waals surface area contributed by atoms with Crippen molar-refractivity contribution in [3.63, 3.8) is 0 Å². The van der Waals surface area contributed by atoms with Crippen LogP contribution in [0, 0.1) is 0 Å². The van der Waals surface area contributed by atoms with E-state index >= 15 is 0 Å². The molecule has 1 heterocycles. The van der Waals surface area contributed by atoms with Gasteiger partial charge < -0.3 is 4.90 Å². The molecule has 1 rings (SSSR count). The maximum atomic E-state index is 11.9. The molecule has 0 radical (unpaired) electrons. The van der Waals surface area contributed by atoms with Gasteiger partial charge in [-0.3, -0.25) is 5.43 Å². The smallest absolute Gasteiger partial charge is 0.243 e. The summed E-state index contributed by atoms with van der Waals surface area (Å²) in [6, 6.07) is 0. The van der Waals surface area contributed by atoms with Crippen LogP contribution in [0.15, 0.2) is 17.3 Å². The fourth-order valence-electron chi connectivity index (χ4n) is 1.49. The van der Waals surface area contributed by atoms with E-state index in [-0.39, 0.29) is 10.8 Å². The van der Waals surface area contributed by atoms with Gasteiger partial charge in [-0.15, -0.1) is 0 Å². The molecule has 0 aliphatic carbocycles. The van der Waals surface area contributed by atoms with Crippen LogP contribution < -0.4 is 16.0 Å². The SMILES string of the molecule is CCN(CC)CCNS(=O)(=O)c1cnc(NN)nc1. The van der Waals surface area contributed by atoms with Crippen LogP contribution in [-0.4, -0.2) is 49.5 Å². The Morgan fingerprint density at radius 3 is 2.32 bits per heavy atom. The van der Waals surface area contributed by atoms with Crippen molar-refractivity contribution in [1.82, 2.24) is 19.6 Å². The molecule has 0 atom stereocenters. The molecule has 0 aliphatic heterocycles. The second-order valence-corrected chi connectivity index (χ2v) is 5.58. The highest BCUT2D eigenvalue weighted by Gasteiger charge is 2.14. The Bertz CT molecular complexity index is 471. The number of anilines is 1. The summed E-state index contributed by atoms with van der Waals surface area (Å²) in [5.41, 5.74) is 2.23. The van der Waals surface area contributed by atoms with Crippen molar-refractivity contribution in [2.45, 2.75) is 18.7 Å². The molecule has 19 heavy (non-hydrogen) atoms. The molecule has 4 N–H and O–H groups in total. The Morgan fingerprint density at radius 1 is 1.26 bits per heavy atom. The number of aromatic nitrogens is 2. The molecule has 0 aliphatic rings. The molecule has 108 valence electrons. The number of hydrogen-bond donors (Lipinski definition) is 3. The molecule has 0 saturated carbocycles. The molecule has 0 unspecified atom stereocenters. The summed E-state index contributed by atoms with van der Waals surface area (Å²) in [5.74, 6) is 5.28. The standard InChI is InChI=1S/C10H20N6O2S/c1-3-16(4-2)6-5-14-19(17,18)9-7-12-10(15-11)13-8-9/h7-8,14H,3-6,11H2,1-2H3,(H,12,13,15). The molecule has 0 amide bonds. The monoisotopic (exact) mass is 288 g/mol. The van der Waals surface area contributed by atoms with Gasteiger partial charge >= 0.3 is 0 Å². The summed E-state index contributed by atoms with van der Waals surface area (Å²) in [4.78, 5) is 9.67.